The molecule has 0 bridgehead atoms. The third-order valence-electron chi connectivity index (χ3n) is 4.24. The van der Waals surface area contributed by atoms with Gasteiger partial charge in [0, 0.05) is 6.54 Å². The van der Waals surface area contributed by atoms with Crippen LogP contribution in [0.2, 0.25) is 0 Å². The Labute approximate surface area is 115 Å². The molecule has 0 amide bonds. The summed E-state index contributed by atoms with van der Waals surface area (Å²) in [4.78, 5) is 13.6. The number of hydrogen-bond acceptors (Lipinski definition) is 2. The van der Waals surface area contributed by atoms with Gasteiger partial charge in [-0.3, -0.25) is 9.69 Å². The quantitative estimate of drug-likeness (QED) is 0.908. The summed E-state index contributed by atoms with van der Waals surface area (Å²) in [6.45, 7) is 5.88. The van der Waals surface area contributed by atoms with Crippen LogP contribution in [0.25, 0.3) is 0 Å². The Kier molecular flexibility index (Phi) is 4.59. The number of carbonyl (C=O) groups is 1. The van der Waals surface area contributed by atoms with Gasteiger partial charge in [-0.15, -0.1) is 0 Å². The van der Waals surface area contributed by atoms with Crippen molar-refractivity contribution >= 4 is 5.97 Å². The number of benzene rings is 1. The van der Waals surface area contributed by atoms with E-state index in [9.17, 15) is 9.90 Å². The Balaban J connectivity index is 2.18. The van der Waals surface area contributed by atoms with E-state index in [1.165, 1.54) is 16.7 Å². The van der Waals surface area contributed by atoms with Crippen LogP contribution in [-0.2, 0) is 11.3 Å². The molecule has 1 aliphatic heterocycles. The summed E-state index contributed by atoms with van der Waals surface area (Å²) in [6, 6.07) is 5.97. The molecule has 0 aliphatic carbocycles. The summed E-state index contributed by atoms with van der Waals surface area (Å²) >= 11 is 0. The lowest BCUT2D eigenvalue weighted by Gasteiger charge is -2.27. The molecule has 1 fully saturated rings. The van der Waals surface area contributed by atoms with E-state index < -0.39 is 5.97 Å². The van der Waals surface area contributed by atoms with Crippen LogP contribution in [-0.4, -0.2) is 28.6 Å². The van der Waals surface area contributed by atoms with Gasteiger partial charge in [0.2, 0.25) is 0 Å². The minimum Gasteiger partial charge on any atom is -0.480 e. The zero-order valence-electron chi connectivity index (χ0n) is 11.9. The van der Waals surface area contributed by atoms with E-state index in [0.29, 0.717) is 0 Å². The Bertz CT molecular complexity index is 456. The molecule has 19 heavy (non-hydrogen) atoms. The minimum atomic E-state index is -0.674. The van der Waals surface area contributed by atoms with Crippen molar-refractivity contribution in [1.82, 2.24) is 4.90 Å². The maximum Gasteiger partial charge on any atom is 0.320 e. The predicted molar refractivity (Wildman–Crippen MR) is 76.2 cm³/mol. The fourth-order valence-corrected chi connectivity index (χ4v) is 2.84. The Hall–Kier alpha value is -1.35. The maximum atomic E-state index is 11.4. The molecular formula is C16H23NO2. The van der Waals surface area contributed by atoms with Crippen LogP contribution in [0.5, 0.6) is 0 Å². The van der Waals surface area contributed by atoms with E-state index >= 15 is 0 Å². The number of hydrogen-bond donors (Lipinski definition) is 1. The van der Waals surface area contributed by atoms with E-state index in [2.05, 4.69) is 36.9 Å². The third-order valence-corrected chi connectivity index (χ3v) is 4.24. The van der Waals surface area contributed by atoms with E-state index in [0.717, 1.165) is 38.8 Å². The molecule has 3 heteroatoms. The molecule has 1 atom stereocenters. The van der Waals surface area contributed by atoms with Crippen LogP contribution in [0.4, 0.5) is 0 Å². The van der Waals surface area contributed by atoms with Gasteiger partial charge in [0.1, 0.15) is 6.04 Å². The smallest absolute Gasteiger partial charge is 0.320 e. The molecule has 104 valence electrons. The van der Waals surface area contributed by atoms with E-state index in [1.807, 2.05) is 0 Å². The van der Waals surface area contributed by atoms with Crippen molar-refractivity contribution in [3.05, 3.63) is 34.9 Å². The number of carboxylic acid groups (broad SMARTS) is 1. The summed E-state index contributed by atoms with van der Waals surface area (Å²) in [5.74, 6) is -0.674. The molecule has 1 heterocycles. The van der Waals surface area contributed by atoms with Gasteiger partial charge < -0.3 is 5.11 Å². The number of aryl methyl sites for hydroxylation is 1. The summed E-state index contributed by atoms with van der Waals surface area (Å²) in [5, 5.41) is 9.39. The van der Waals surface area contributed by atoms with Crippen molar-refractivity contribution < 1.29 is 9.90 Å². The Morgan fingerprint density at radius 1 is 1.32 bits per heavy atom. The van der Waals surface area contributed by atoms with Gasteiger partial charge in [0.05, 0.1) is 0 Å². The zero-order valence-corrected chi connectivity index (χ0v) is 11.9. The van der Waals surface area contributed by atoms with Gasteiger partial charge in [-0.25, -0.2) is 0 Å². The molecule has 3 nitrogen and oxygen atoms in total. The van der Waals surface area contributed by atoms with Crippen molar-refractivity contribution in [3.8, 4) is 0 Å². The SMILES string of the molecule is Cc1cccc(CN2CCCCCC2C(=O)O)c1C. The van der Waals surface area contributed by atoms with Crippen molar-refractivity contribution in [2.24, 2.45) is 0 Å². The zero-order chi connectivity index (χ0) is 13.8. The first-order valence-corrected chi connectivity index (χ1v) is 7.11. The lowest BCUT2D eigenvalue weighted by molar-refractivity contribution is -0.143. The van der Waals surface area contributed by atoms with Gasteiger partial charge in [-0.2, -0.15) is 0 Å². The van der Waals surface area contributed by atoms with Gasteiger partial charge in [-0.1, -0.05) is 31.0 Å². The standard InChI is InChI=1S/C16H23NO2/c1-12-7-6-8-14(13(12)2)11-17-10-5-3-4-9-15(17)16(18)19/h6-8,15H,3-5,9-11H2,1-2H3,(H,18,19). The summed E-state index contributed by atoms with van der Waals surface area (Å²) < 4.78 is 0. The van der Waals surface area contributed by atoms with Crippen LogP contribution in [0.1, 0.15) is 42.4 Å². The van der Waals surface area contributed by atoms with Gasteiger partial charge in [0.25, 0.3) is 0 Å². The summed E-state index contributed by atoms with van der Waals surface area (Å²) in [7, 11) is 0. The number of nitrogens with zero attached hydrogens (tertiary/aromatic N) is 1. The number of likely N-dealkylation sites (tertiary alicyclic amines) is 1. The molecule has 0 radical (unpaired) electrons. The van der Waals surface area contributed by atoms with Gasteiger partial charge in [0.15, 0.2) is 0 Å². The first-order valence-electron chi connectivity index (χ1n) is 7.11. The highest BCUT2D eigenvalue weighted by Crippen LogP contribution is 2.22. The van der Waals surface area contributed by atoms with E-state index in [1.54, 1.807) is 0 Å². The lowest BCUT2D eigenvalue weighted by Crippen LogP contribution is -2.40. The molecule has 1 N–H and O–H groups in total. The molecule has 0 spiro atoms. The van der Waals surface area contributed by atoms with Crippen LogP contribution in [0.15, 0.2) is 18.2 Å². The second kappa shape index (κ2) is 6.20. The fourth-order valence-electron chi connectivity index (χ4n) is 2.84. The van der Waals surface area contributed by atoms with Crippen LogP contribution >= 0.6 is 0 Å². The Morgan fingerprint density at radius 3 is 2.84 bits per heavy atom. The monoisotopic (exact) mass is 261 g/mol. The molecule has 1 unspecified atom stereocenters. The average molecular weight is 261 g/mol. The number of carboxylic acids is 1. The van der Waals surface area contributed by atoms with Gasteiger partial charge >= 0.3 is 5.97 Å². The van der Waals surface area contributed by atoms with Crippen LogP contribution < -0.4 is 0 Å². The van der Waals surface area contributed by atoms with E-state index in [4.69, 9.17) is 0 Å². The summed E-state index contributed by atoms with van der Waals surface area (Å²) in [6.07, 6.45) is 4.06. The number of rotatable bonds is 3. The predicted octanol–water partition coefficient (Wildman–Crippen LogP) is 3.13. The first-order chi connectivity index (χ1) is 9.09. The minimum absolute atomic E-state index is 0.317. The normalized spacial score (nSPS) is 21.1. The second-order valence-corrected chi connectivity index (χ2v) is 5.53. The van der Waals surface area contributed by atoms with Crippen LogP contribution in [0, 0.1) is 13.8 Å². The second-order valence-electron chi connectivity index (χ2n) is 5.53. The molecule has 2 rings (SSSR count). The Morgan fingerprint density at radius 2 is 2.11 bits per heavy atom. The molecule has 0 aromatic heterocycles. The van der Waals surface area contributed by atoms with E-state index in [-0.39, 0.29) is 6.04 Å². The highest BCUT2D eigenvalue weighted by atomic mass is 16.4. The first kappa shape index (κ1) is 14.1. The van der Waals surface area contributed by atoms with Gasteiger partial charge in [-0.05, 0) is 49.9 Å². The topological polar surface area (TPSA) is 40.5 Å². The molecule has 1 saturated heterocycles. The maximum absolute atomic E-state index is 11.4. The average Bonchev–Trinajstić information content (AvgIpc) is 2.60. The molecule has 1 aromatic carbocycles. The van der Waals surface area contributed by atoms with Crippen molar-refractivity contribution in [2.75, 3.05) is 6.54 Å². The van der Waals surface area contributed by atoms with Crippen molar-refractivity contribution in [1.29, 1.82) is 0 Å². The highest BCUT2D eigenvalue weighted by molar-refractivity contribution is 5.73. The molecule has 0 saturated carbocycles. The molecular weight excluding hydrogens is 238 g/mol. The highest BCUT2D eigenvalue weighted by Gasteiger charge is 2.27. The van der Waals surface area contributed by atoms with Crippen molar-refractivity contribution in [3.63, 3.8) is 0 Å². The molecule has 1 aromatic rings. The van der Waals surface area contributed by atoms with Crippen LogP contribution in [0.3, 0.4) is 0 Å². The fraction of sp³-hybridized carbons (Fsp3) is 0.562. The third kappa shape index (κ3) is 3.35. The largest absolute Gasteiger partial charge is 0.480 e. The molecule has 1 aliphatic rings. The number of aliphatic carboxylic acids is 1. The summed E-state index contributed by atoms with van der Waals surface area (Å²) in [5.41, 5.74) is 3.82. The van der Waals surface area contributed by atoms with Crippen molar-refractivity contribution in [2.45, 2.75) is 52.1 Å². The lowest BCUT2D eigenvalue weighted by atomic mass is 10.0.